The van der Waals surface area contributed by atoms with Crippen molar-refractivity contribution >= 4 is 50.8 Å². The van der Waals surface area contributed by atoms with Gasteiger partial charge in [-0.25, -0.2) is 4.98 Å². The van der Waals surface area contributed by atoms with Crippen LogP contribution >= 0.6 is 45.2 Å². The summed E-state index contributed by atoms with van der Waals surface area (Å²) in [5, 5.41) is 0. The molecule has 0 fully saturated rings. The summed E-state index contributed by atoms with van der Waals surface area (Å²) < 4.78 is 4.46. The Kier molecular flexibility index (Phi) is 2.04. The average molecular weight is 370 g/mol. The number of hydrogen-bond donors (Lipinski definition) is 0. The van der Waals surface area contributed by atoms with Gasteiger partial charge < -0.3 is 0 Å². The normalized spacial score (nSPS) is 10.7. The molecule has 2 nitrogen and oxygen atoms in total. The molecule has 11 heavy (non-hydrogen) atoms. The quantitative estimate of drug-likeness (QED) is 0.515. The molecule has 0 amide bonds. The highest BCUT2D eigenvalue weighted by atomic mass is 127. The van der Waals surface area contributed by atoms with Crippen LogP contribution in [-0.4, -0.2) is 9.38 Å². The number of aromatic nitrogens is 2. The molecule has 2 aromatic heterocycles. The number of nitrogens with zero attached hydrogens (tertiary/aromatic N) is 2. The van der Waals surface area contributed by atoms with Gasteiger partial charge in [0.2, 0.25) is 0 Å². The molecule has 0 aliphatic carbocycles. The third kappa shape index (κ3) is 1.26. The third-order valence-corrected chi connectivity index (χ3v) is 3.04. The van der Waals surface area contributed by atoms with Gasteiger partial charge in [0, 0.05) is 0 Å². The standard InChI is InChI=1S/C7H4I2N2/c8-5-2-1-3-7-10-4-6(9)11(5)7/h1-4H. The fourth-order valence-electron chi connectivity index (χ4n) is 0.961. The van der Waals surface area contributed by atoms with E-state index in [4.69, 9.17) is 0 Å². The van der Waals surface area contributed by atoms with Crippen molar-refractivity contribution in [3.63, 3.8) is 0 Å². The lowest BCUT2D eigenvalue weighted by atomic mass is 10.5. The number of fused-ring (bicyclic) bond motifs is 1. The van der Waals surface area contributed by atoms with Crippen molar-refractivity contribution in [1.29, 1.82) is 0 Å². The molecule has 0 atom stereocenters. The van der Waals surface area contributed by atoms with Crippen molar-refractivity contribution < 1.29 is 0 Å². The van der Waals surface area contributed by atoms with Crippen LogP contribution in [0.25, 0.3) is 5.65 Å². The molecule has 0 bridgehead atoms. The summed E-state index contributed by atoms with van der Waals surface area (Å²) in [5.74, 6) is 0. The lowest BCUT2D eigenvalue weighted by molar-refractivity contribution is 1.11. The molecule has 0 aromatic carbocycles. The van der Waals surface area contributed by atoms with E-state index in [0.29, 0.717) is 0 Å². The molecule has 0 aliphatic rings. The Morgan fingerprint density at radius 1 is 1.18 bits per heavy atom. The molecule has 0 aliphatic heterocycles. The van der Waals surface area contributed by atoms with Gasteiger partial charge >= 0.3 is 0 Å². The van der Waals surface area contributed by atoms with Gasteiger partial charge in [0.25, 0.3) is 0 Å². The van der Waals surface area contributed by atoms with Crippen LogP contribution < -0.4 is 0 Å². The van der Waals surface area contributed by atoms with Gasteiger partial charge in [-0.1, -0.05) is 6.07 Å². The molecular weight excluding hydrogens is 366 g/mol. The third-order valence-electron chi connectivity index (χ3n) is 1.44. The molecule has 2 rings (SSSR count). The number of hydrogen-bond acceptors (Lipinski definition) is 1. The Balaban J connectivity index is 2.96. The minimum absolute atomic E-state index is 1.02. The van der Waals surface area contributed by atoms with Gasteiger partial charge in [-0.15, -0.1) is 0 Å². The molecule has 2 aromatic rings. The predicted molar refractivity (Wildman–Crippen MR) is 60.6 cm³/mol. The molecule has 4 heteroatoms. The molecular formula is C7H4I2N2. The highest BCUT2D eigenvalue weighted by Crippen LogP contribution is 2.13. The van der Waals surface area contributed by atoms with Crippen LogP contribution in [0.5, 0.6) is 0 Å². The van der Waals surface area contributed by atoms with E-state index >= 15 is 0 Å². The average Bonchev–Trinajstić information content (AvgIpc) is 2.34. The van der Waals surface area contributed by atoms with Crippen molar-refractivity contribution in [3.05, 3.63) is 31.8 Å². The van der Waals surface area contributed by atoms with Crippen molar-refractivity contribution in [2.75, 3.05) is 0 Å². The first kappa shape index (κ1) is 7.78. The Morgan fingerprint density at radius 2 is 2.00 bits per heavy atom. The van der Waals surface area contributed by atoms with Crippen LogP contribution in [0.2, 0.25) is 0 Å². The molecule has 0 spiro atoms. The number of halogens is 2. The van der Waals surface area contributed by atoms with Gasteiger partial charge in [-0.05, 0) is 57.3 Å². The Hall–Kier alpha value is 0.150. The topological polar surface area (TPSA) is 17.3 Å². The van der Waals surface area contributed by atoms with Gasteiger partial charge in [0.1, 0.15) is 9.35 Å². The van der Waals surface area contributed by atoms with Gasteiger partial charge in [0.05, 0.1) is 9.90 Å². The molecule has 0 saturated heterocycles. The Morgan fingerprint density at radius 3 is 2.73 bits per heavy atom. The second-order valence-electron chi connectivity index (χ2n) is 2.12. The maximum absolute atomic E-state index is 4.23. The maximum atomic E-state index is 4.23. The van der Waals surface area contributed by atoms with E-state index in [1.165, 1.54) is 3.70 Å². The van der Waals surface area contributed by atoms with Gasteiger partial charge in [-0.3, -0.25) is 4.40 Å². The van der Waals surface area contributed by atoms with Crippen LogP contribution in [-0.2, 0) is 0 Å². The molecule has 56 valence electrons. The highest BCUT2D eigenvalue weighted by molar-refractivity contribution is 14.1. The summed E-state index contributed by atoms with van der Waals surface area (Å²) in [6.07, 6.45) is 1.87. The van der Waals surface area contributed by atoms with E-state index in [2.05, 4.69) is 60.6 Å². The molecule has 2 heterocycles. The lowest BCUT2D eigenvalue weighted by Gasteiger charge is -1.96. The van der Waals surface area contributed by atoms with Crippen molar-refractivity contribution in [1.82, 2.24) is 9.38 Å². The Bertz CT molecular complexity index is 394. The minimum atomic E-state index is 1.02. The summed E-state index contributed by atoms with van der Waals surface area (Å²) in [6.45, 7) is 0. The Labute approximate surface area is 91.3 Å². The van der Waals surface area contributed by atoms with E-state index < -0.39 is 0 Å². The second kappa shape index (κ2) is 2.89. The second-order valence-corrected chi connectivity index (χ2v) is 4.33. The van der Waals surface area contributed by atoms with Crippen molar-refractivity contribution in [2.45, 2.75) is 0 Å². The van der Waals surface area contributed by atoms with Crippen molar-refractivity contribution in [2.24, 2.45) is 0 Å². The van der Waals surface area contributed by atoms with Crippen LogP contribution in [0, 0.1) is 7.40 Å². The number of rotatable bonds is 0. The summed E-state index contributed by atoms with van der Waals surface area (Å²) >= 11 is 4.57. The lowest BCUT2D eigenvalue weighted by Crippen LogP contribution is -1.90. The zero-order valence-corrected chi connectivity index (χ0v) is 9.77. The zero-order valence-electron chi connectivity index (χ0n) is 5.46. The molecule has 0 radical (unpaired) electrons. The SMILES string of the molecule is Ic1cccc2ncc(I)n12. The first-order valence-corrected chi connectivity index (χ1v) is 5.22. The van der Waals surface area contributed by atoms with E-state index in [1.807, 2.05) is 18.3 Å². The zero-order chi connectivity index (χ0) is 7.84. The molecule has 0 saturated carbocycles. The highest BCUT2D eigenvalue weighted by Gasteiger charge is 2.00. The predicted octanol–water partition coefficient (Wildman–Crippen LogP) is 2.54. The number of pyridine rings is 1. The summed E-state index contributed by atoms with van der Waals surface area (Å²) in [4.78, 5) is 4.23. The summed E-state index contributed by atoms with van der Waals surface area (Å²) in [5.41, 5.74) is 1.02. The molecule has 0 unspecified atom stereocenters. The maximum Gasteiger partial charge on any atom is 0.138 e. The smallest absolute Gasteiger partial charge is 0.138 e. The van der Waals surface area contributed by atoms with Crippen LogP contribution in [0.15, 0.2) is 24.4 Å². The van der Waals surface area contributed by atoms with E-state index in [-0.39, 0.29) is 0 Å². The minimum Gasteiger partial charge on any atom is -0.282 e. The van der Waals surface area contributed by atoms with Crippen LogP contribution in [0.3, 0.4) is 0 Å². The molecule has 0 N–H and O–H groups in total. The fraction of sp³-hybridized carbons (Fsp3) is 0. The fourth-order valence-corrected chi connectivity index (χ4v) is 2.78. The summed E-state index contributed by atoms with van der Waals surface area (Å²) in [6, 6.07) is 6.09. The number of imidazole rings is 1. The largest absolute Gasteiger partial charge is 0.282 e. The van der Waals surface area contributed by atoms with Crippen LogP contribution in [0.4, 0.5) is 0 Å². The van der Waals surface area contributed by atoms with E-state index in [0.717, 1.165) is 9.35 Å². The van der Waals surface area contributed by atoms with Crippen molar-refractivity contribution in [3.8, 4) is 0 Å². The van der Waals surface area contributed by atoms with E-state index in [1.54, 1.807) is 0 Å². The van der Waals surface area contributed by atoms with Crippen LogP contribution in [0.1, 0.15) is 0 Å². The summed E-state index contributed by atoms with van der Waals surface area (Å²) in [7, 11) is 0. The van der Waals surface area contributed by atoms with Gasteiger partial charge in [0.15, 0.2) is 0 Å². The van der Waals surface area contributed by atoms with Gasteiger partial charge in [-0.2, -0.15) is 0 Å². The first-order chi connectivity index (χ1) is 5.29. The monoisotopic (exact) mass is 370 g/mol. The van der Waals surface area contributed by atoms with E-state index in [9.17, 15) is 0 Å². The first-order valence-electron chi connectivity index (χ1n) is 3.06.